The zero-order chi connectivity index (χ0) is 14.1. The Morgan fingerprint density at radius 3 is 2.65 bits per heavy atom. The van der Waals surface area contributed by atoms with Gasteiger partial charge in [-0.2, -0.15) is 5.26 Å². The van der Waals surface area contributed by atoms with Crippen LogP contribution in [-0.2, 0) is 0 Å². The SMILES string of the molecule is Cc1ccc(N2CCC(N3CCC(C#N)C3)C2)cc1C. The number of likely N-dealkylation sites (tertiary alicyclic amines) is 1. The molecule has 0 bridgehead atoms. The van der Waals surface area contributed by atoms with Crippen molar-refractivity contribution in [1.82, 2.24) is 4.90 Å². The van der Waals surface area contributed by atoms with Crippen LogP contribution in [0.1, 0.15) is 24.0 Å². The van der Waals surface area contributed by atoms with Crippen LogP contribution in [0.3, 0.4) is 0 Å². The van der Waals surface area contributed by atoms with Crippen LogP contribution < -0.4 is 4.90 Å². The van der Waals surface area contributed by atoms with Crippen molar-refractivity contribution in [1.29, 1.82) is 5.26 Å². The molecule has 20 heavy (non-hydrogen) atoms. The molecule has 2 aliphatic rings. The summed E-state index contributed by atoms with van der Waals surface area (Å²) < 4.78 is 0. The fraction of sp³-hybridized carbons (Fsp3) is 0.588. The topological polar surface area (TPSA) is 30.3 Å². The highest BCUT2D eigenvalue weighted by Crippen LogP contribution is 2.27. The molecule has 2 atom stereocenters. The first-order valence-electron chi connectivity index (χ1n) is 7.63. The first kappa shape index (κ1) is 13.5. The Labute approximate surface area is 121 Å². The lowest BCUT2D eigenvalue weighted by molar-refractivity contribution is 0.255. The molecule has 2 unspecified atom stereocenters. The number of rotatable bonds is 2. The van der Waals surface area contributed by atoms with Crippen LogP contribution in [0.4, 0.5) is 5.69 Å². The summed E-state index contributed by atoms with van der Waals surface area (Å²) in [6.45, 7) is 8.68. The molecule has 2 heterocycles. The fourth-order valence-corrected chi connectivity index (χ4v) is 3.42. The van der Waals surface area contributed by atoms with Gasteiger partial charge in [0.25, 0.3) is 0 Å². The normalized spacial score (nSPS) is 26.9. The number of hydrogen-bond acceptors (Lipinski definition) is 3. The Morgan fingerprint density at radius 2 is 1.95 bits per heavy atom. The van der Waals surface area contributed by atoms with Crippen molar-refractivity contribution in [2.24, 2.45) is 5.92 Å². The molecule has 0 radical (unpaired) electrons. The predicted molar refractivity (Wildman–Crippen MR) is 81.8 cm³/mol. The Hall–Kier alpha value is -1.53. The Kier molecular flexibility index (Phi) is 3.67. The largest absolute Gasteiger partial charge is 0.370 e. The van der Waals surface area contributed by atoms with Crippen molar-refractivity contribution in [2.75, 3.05) is 31.1 Å². The van der Waals surface area contributed by atoms with Gasteiger partial charge >= 0.3 is 0 Å². The number of anilines is 1. The molecule has 2 fully saturated rings. The van der Waals surface area contributed by atoms with E-state index in [0.717, 1.165) is 32.6 Å². The number of benzene rings is 1. The monoisotopic (exact) mass is 269 g/mol. The zero-order valence-electron chi connectivity index (χ0n) is 12.5. The van der Waals surface area contributed by atoms with Crippen LogP contribution in [0.2, 0.25) is 0 Å². The summed E-state index contributed by atoms with van der Waals surface area (Å²) in [7, 11) is 0. The van der Waals surface area contributed by atoms with E-state index in [4.69, 9.17) is 5.26 Å². The maximum absolute atomic E-state index is 9.03. The highest BCUT2D eigenvalue weighted by molar-refractivity contribution is 5.51. The number of hydrogen-bond donors (Lipinski definition) is 0. The first-order valence-corrected chi connectivity index (χ1v) is 7.63. The summed E-state index contributed by atoms with van der Waals surface area (Å²) in [5.74, 6) is 0.255. The molecule has 2 saturated heterocycles. The summed E-state index contributed by atoms with van der Waals surface area (Å²) in [5, 5.41) is 9.03. The van der Waals surface area contributed by atoms with E-state index in [1.807, 2.05) is 0 Å². The smallest absolute Gasteiger partial charge is 0.0669 e. The fourth-order valence-electron chi connectivity index (χ4n) is 3.42. The highest BCUT2D eigenvalue weighted by Gasteiger charge is 2.32. The van der Waals surface area contributed by atoms with Gasteiger partial charge in [0.05, 0.1) is 12.0 Å². The van der Waals surface area contributed by atoms with E-state index in [1.165, 1.54) is 23.2 Å². The van der Waals surface area contributed by atoms with Crippen LogP contribution in [0, 0.1) is 31.1 Å². The van der Waals surface area contributed by atoms with Gasteiger partial charge in [-0.1, -0.05) is 6.07 Å². The van der Waals surface area contributed by atoms with Crippen molar-refractivity contribution in [2.45, 2.75) is 32.7 Å². The molecular formula is C17H23N3. The van der Waals surface area contributed by atoms with Crippen LogP contribution in [0.25, 0.3) is 0 Å². The summed E-state index contributed by atoms with van der Waals surface area (Å²) >= 11 is 0. The molecule has 3 rings (SSSR count). The molecule has 3 nitrogen and oxygen atoms in total. The van der Waals surface area contributed by atoms with Gasteiger partial charge in [0.15, 0.2) is 0 Å². The van der Waals surface area contributed by atoms with Crippen molar-refractivity contribution in [3.63, 3.8) is 0 Å². The highest BCUT2D eigenvalue weighted by atomic mass is 15.3. The number of aryl methyl sites for hydroxylation is 2. The quantitative estimate of drug-likeness (QED) is 0.827. The van der Waals surface area contributed by atoms with Crippen LogP contribution >= 0.6 is 0 Å². The third-order valence-electron chi connectivity index (χ3n) is 4.94. The third-order valence-corrected chi connectivity index (χ3v) is 4.94. The molecule has 0 amide bonds. The summed E-state index contributed by atoms with van der Waals surface area (Å²) in [6.07, 6.45) is 2.28. The van der Waals surface area contributed by atoms with Crippen LogP contribution in [0.15, 0.2) is 18.2 Å². The number of nitrogens with zero attached hydrogens (tertiary/aromatic N) is 3. The second kappa shape index (κ2) is 5.46. The molecular weight excluding hydrogens is 246 g/mol. The van der Waals surface area contributed by atoms with Gasteiger partial charge < -0.3 is 4.90 Å². The Balaban J connectivity index is 1.65. The maximum atomic E-state index is 9.03. The average Bonchev–Trinajstić information content (AvgIpc) is 3.09. The number of nitriles is 1. The molecule has 3 heteroatoms. The van der Waals surface area contributed by atoms with Gasteiger partial charge in [0, 0.05) is 31.4 Å². The zero-order valence-corrected chi connectivity index (χ0v) is 12.5. The lowest BCUT2D eigenvalue weighted by atomic mass is 10.1. The van der Waals surface area contributed by atoms with E-state index in [1.54, 1.807) is 0 Å². The second-order valence-corrected chi connectivity index (χ2v) is 6.27. The van der Waals surface area contributed by atoms with Crippen LogP contribution in [-0.4, -0.2) is 37.1 Å². The minimum atomic E-state index is 0.255. The van der Waals surface area contributed by atoms with E-state index in [9.17, 15) is 0 Å². The van der Waals surface area contributed by atoms with E-state index < -0.39 is 0 Å². The molecule has 106 valence electrons. The van der Waals surface area contributed by atoms with Crippen LogP contribution in [0.5, 0.6) is 0 Å². The van der Waals surface area contributed by atoms with Crippen molar-refractivity contribution >= 4 is 5.69 Å². The molecule has 2 aliphatic heterocycles. The predicted octanol–water partition coefficient (Wildman–Crippen LogP) is 2.73. The average molecular weight is 269 g/mol. The third kappa shape index (κ3) is 2.53. The summed E-state index contributed by atoms with van der Waals surface area (Å²) in [5.41, 5.74) is 4.09. The van der Waals surface area contributed by atoms with Gasteiger partial charge in [-0.05, 0) is 56.5 Å². The summed E-state index contributed by atoms with van der Waals surface area (Å²) in [4.78, 5) is 5.02. The van der Waals surface area contributed by atoms with Gasteiger partial charge in [-0.15, -0.1) is 0 Å². The van der Waals surface area contributed by atoms with E-state index >= 15 is 0 Å². The molecule has 0 aliphatic carbocycles. The lowest BCUT2D eigenvalue weighted by Gasteiger charge is -2.25. The molecule has 0 spiro atoms. The first-order chi connectivity index (χ1) is 9.67. The molecule has 1 aromatic rings. The Bertz CT molecular complexity index is 532. The van der Waals surface area contributed by atoms with Crippen molar-refractivity contribution in [3.05, 3.63) is 29.3 Å². The van der Waals surface area contributed by atoms with Gasteiger partial charge in [-0.25, -0.2) is 0 Å². The molecule has 0 aromatic heterocycles. The van der Waals surface area contributed by atoms with Gasteiger partial charge in [0.1, 0.15) is 0 Å². The van der Waals surface area contributed by atoms with Gasteiger partial charge in [0.2, 0.25) is 0 Å². The van der Waals surface area contributed by atoms with Crippen molar-refractivity contribution < 1.29 is 0 Å². The molecule has 0 N–H and O–H groups in total. The molecule has 0 saturated carbocycles. The van der Waals surface area contributed by atoms with E-state index in [2.05, 4.69) is 47.9 Å². The standard InChI is InChI=1S/C17H23N3/c1-13-3-4-16(9-14(13)2)20-8-6-17(12-20)19-7-5-15(10-18)11-19/h3-4,9,15,17H,5-8,11-12H2,1-2H3. The van der Waals surface area contributed by atoms with E-state index in [0.29, 0.717) is 6.04 Å². The minimum Gasteiger partial charge on any atom is -0.370 e. The molecule has 1 aromatic carbocycles. The lowest BCUT2D eigenvalue weighted by Crippen LogP contribution is -2.35. The summed E-state index contributed by atoms with van der Waals surface area (Å²) in [6, 6.07) is 9.82. The minimum absolute atomic E-state index is 0.255. The van der Waals surface area contributed by atoms with Gasteiger partial charge in [-0.3, -0.25) is 4.90 Å². The maximum Gasteiger partial charge on any atom is 0.0669 e. The van der Waals surface area contributed by atoms with Crippen molar-refractivity contribution in [3.8, 4) is 6.07 Å². The second-order valence-electron chi connectivity index (χ2n) is 6.27. The van der Waals surface area contributed by atoms with E-state index in [-0.39, 0.29) is 5.92 Å². The Morgan fingerprint density at radius 1 is 1.10 bits per heavy atom.